The van der Waals surface area contributed by atoms with Crippen LogP contribution in [-0.2, 0) is 17.6 Å². The minimum atomic E-state index is -2.93. The number of halogens is 2. The van der Waals surface area contributed by atoms with Gasteiger partial charge in [0.05, 0.1) is 12.7 Å². The average Bonchev–Trinajstić information content (AvgIpc) is 3.10. The van der Waals surface area contributed by atoms with Gasteiger partial charge in [0.25, 0.3) is 5.91 Å². The van der Waals surface area contributed by atoms with E-state index in [1.165, 1.54) is 42.7 Å². The van der Waals surface area contributed by atoms with Gasteiger partial charge >= 0.3 is 12.6 Å². The molecular formula is C23H27F2NO4S. The zero-order valence-electron chi connectivity index (χ0n) is 18.1. The molecule has 1 atom stereocenters. The highest BCUT2D eigenvalue weighted by Crippen LogP contribution is 2.45. The average molecular weight is 452 g/mol. The maximum Gasteiger partial charge on any atom is 0.387 e. The molecule has 2 aromatic rings. The number of anilines is 1. The maximum atomic E-state index is 12.7. The van der Waals surface area contributed by atoms with E-state index in [1.54, 1.807) is 0 Å². The lowest BCUT2D eigenvalue weighted by molar-refractivity contribution is -0.0498. The van der Waals surface area contributed by atoms with Crippen molar-refractivity contribution in [1.82, 2.24) is 0 Å². The van der Waals surface area contributed by atoms with Crippen molar-refractivity contribution in [3.05, 3.63) is 45.8 Å². The molecule has 1 N–H and O–H groups in total. The molecule has 1 aromatic carbocycles. The number of carbonyl (C=O) groups is 2. The van der Waals surface area contributed by atoms with E-state index in [2.05, 4.69) is 30.8 Å². The number of ether oxygens (including phenoxy) is 2. The van der Waals surface area contributed by atoms with Crippen molar-refractivity contribution in [3.8, 4) is 5.75 Å². The number of amides is 1. The van der Waals surface area contributed by atoms with Crippen LogP contribution in [0, 0.1) is 11.3 Å². The molecule has 1 amide bonds. The Balaban J connectivity index is 1.86. The number of benzene rings is 1. The van der Waals surface area contributed by atoms with E-state index >= 15 is 0 Å². The Labute approximate surface area is 184 Å². The molecule has 1 aliphatic rings. The van der Waals surface area contributed by atoms with Crippen LogP contribution in [0.3, 0.4) is 0 Å². The second kappa shape index (κ2) is 9.34. The zero-order chi connectivity index (χ0) is 22.8. The summed E-state index contributed by atoms with van der Waals surface area (Å²) in [6.45, 7) is 3.79. The molecule has 0 aliphatic heterocycles. The Morgan fingerprint density at radius 2 is 1.94 bits per heavy atom. The van der Waals surface area contributed by atoms with E-state index in [-0.39, 0.29) is 16.7 Å². The van der Waals surface area contributed by atoms with Crippen LogP contribution in [0.1, 0.15) is 64.8 Å². The number of fused-ring (bicyclic) bond motifs is 1. The lowest BCUT2D eigenvalue weighted by Crippen LogP contribution is -2.28. The summed E-state index contributed by atoms with van der Waals surface area (Å²) in [5, 5.41) is 3.28. The van der Waals surface area contributed by atoms with Gasteiger partial charge in [-0.05, 0) is 60.4 Å². The molecule has 0 fully saturated rings. The lowest BCUT2D eigenvalue weighted by Gasteiger charge is -2.36. The third-order valence-electron chi connectivity index (χ3n) is 6.24. The molecule has 1 heterocycles. The van der Waals surface area contributed by atoms with E-state index in [1.807, 2.05) is 0 Å². The van der Waals surface area contributed by atoms with Gasteiger partial charge in [0, 0.05) is 10.4 Å². The molecule has 0 saturated heterocycles. The summed E-state index contributed by atoms with van der Waals surface area (Å²) >= 11 is 1.41. The molecule has 31 heavy (non-hydrogen) atoms. The van der Waals surface area contributed by atoms with Crippen molar-refractivity contribution in [2.24, 2.45) is 11.3 Å². The fraction of sp³-hybridized carbons (Fsp3) is 0.478. The van der Waals surface area contributed by atoms with Gasteiger partial charge in [0.15, 0.2) is 0 Å². The first kappa shape index (κ1) is 23.2. The molecule has 1 unspecified atom stereocenters. The zero-order valence-corrected chi connectivity index (χ0v) is 18.9. The molecule has 0 saturated carbocycles. The second-order valence-corrected chi connectivity index (χ2v) is 9.44. The highest BCUT2D eigenvalue weighted by Gasteiger charge is 2.35. The molecule has 5 nitrogen and oxygen atoms in total. The number of nitrogens with one attached hydrogen (secondary N) is 1. The van der Waals surface area contributed by atoms with Crippen molar-refractivity contribution >= 4 is 28.2 Å². The van der Waals surface area contributed by atoms with Gasteiger partial charge in [-0.1, -0.05) is 27.2 Å². The fourth-order valence-electron chi connectivity index (χ4n) is 3.91. The van der Waals surface area contributed by atoms with Crippen molar-refractivity contribution in [2.45, 2.75) is 53.1 Å². The number of carbonyl (C=O) groups excluding carboxylic acids is 2. The highest BCUT2D eigenvalue weighted by molar-refractivity contribution is 7.17. The van der Waals surface area contributed by atoms with Gasteiger partial charge in [0.2, 0.25) is 0 Å². The quantitative estimate of drug-likeness (QED) is 0.530. The van der Waals surface area contributed by atoms with Gasteiger partial charge in [-0.3, -0.25) is 4.79 Å². The largest absolute Gasteiger partial charge is 0.465 e. The molecular weight excluding hydrogens is 424 g/mol. The predicted octanol–water partition coefficient (Wildman–Crippen LogP) is 5.93. The predicted molar refractivity (Wildman–Crippen MR) is 116 cm³/mol. The minimum absolute atomic E-state index is 0.0297. The van der Waals surface area contributed by atoms with Crippen LogP contribution < -0.4 is 10.1 Å². The van der Waals surface area contributed by atoms with Crippen molar-refractivity contribution in [2.75, 3.05) is 12.4 Å². The third kappa shape index (κ3) is 5.06. The van der Waals surface area contributed by atoms with Crippen LogP contribution in [0.2, 0.25) is 0 Å². The summed E-state index contributed by atoms with van der Waals surface area (Å²) in [5.74, 6) is -0.433. The SMILES string of the molecule is CCC(C)(C)C1CCc2c(sc(NC(=O)c3ccc(OC(F)F)cc3)c2C(=O)OC)C1. The number of hydrogen-bond acceptors (Lipinski definition) is 5. The first-order valence-electron chi connectivity index (χ1n) is 10.2. The Morgan fingerprint density at radius 1 is 1.26 bits per heavy atom. The van der Waals surface area contributed by atoms with E-state index in [4.69, 9.17) is 4.74 Å². The van der Waals surface area contributed by atoms with Crippen LogP contribution in [0.25, 0.3) is 0 Å². The summed E-state index contributed by atoms with van der Waals surface area (Å²) in [6.07, 6.45) is 3.67. The van der Waals surface area contributed by atoms with Gasteiger partial charge in [-0.25, -0.2) is 4.79 Å². The molecule has 0 bridgehead atoms. The molecule has 3 rings (SSSR count). The number of thiophene rings is 1. The summed E-state index contributed by atoms with van der Waals surface area (Å²) < 4.78 is 33.9. The van der Waals surface area contributed by atoms with Crippen LogP contribution in [0.15, 0.2) is 24.3 Å². The molecule has 0 spiro atoms. The molecule has 168 valence electrons. The van der Waals surface area contributed by atoms with Gasteiger partial charge in [-0.2, -0.15) is 8.78 Å². The summed E-state index contributed by atoms with van der Waals surface area (Å²) in [5.41, 5.74) is 1.84. The Bertz CT molecular complexity index is 953. The second-order valence-electron chi connectivity index (χ2n) is 8.34. The molecule has 1 aliphatic carbocycles. The first-order chi connectivity index (χ1) is 14.7. The molecule has 1 aromatic heterocycles. The van der Waals surface area contributed by atoms with Crippen molar-refractivity contribution in [3.63, 3.8) is 0 Å². The van der Waals surface area contributed by atoms with Gasteiger partial charge < -0.3 is 14.8 Å². The normalized spacial score (nSPS) is 16.0. The monoisotopic (exact) mass is 451 g/mol. The Morgan fingerprint density at radius 3 is 2.52 bits per heavy atom. The molecule has 0 radical (unpaired) electrons. The van der Waals surface area contributed by atoms with Crippen LogP contribution in [0.5, 0.6) is 5.75 Å². The topological polar surface area (TPSA) is 64.6 Å². The molecule has 8 heteroatoms. The van der Waals surface area contributed by atoms with Crippen LogP contribution in [0.4, 0.5) is 13.8 Å². The van der Waals surface area contributed by atoms with E-state index in [0.717, 1.165) is 36.1 Å². The number of methoxy groups -OCH3 is 1. The number of rotatable bonds is 7. The Hall–Kier alpha value is -2.48. The first-order valence-corrected chi connectivity index (χ1v) is 11.1. The highest BCUT2D eigenvalue weighted by atomic mass is 32.1. The number of hydrogen-bond donors (Lipinski definition) is 1. The van der Waals surface area contributed by atoms with Crippen molar-refractivity contribution < 1.29 is 27.8 Å². The van der Waals surface area contributed by atoms with E-state index in [9.17, 15) is 18.4 Å². The van der Waals surface area contributed by atoms with Crippen LogP contribution >= 0.6 is 11.3 Å². The van der Waals surface area contributed by atoms with Crippen molar-refractivity contribution in [1.29, 1.82) is 0 Å². The van der Waals surface area contributed by atoms with E-state index < -0.39 is 18.5 Å². The summed E-state index contributed by atoms with van der Waals surface area (Å²) in [7, 11) is 1.32. The van der Waals surface area contributed by atoms with Gasteiger partial charge in [0.1, 0.15) is 10.8 Å². The number of esters is 1. The standard InChI is InChI=1S/C23H27F2NO4S/c1-5-23(2,3)14-8-11-16-17(12-14)31-20(18(16)21(28)29-4)26-19(27)13-6-9-15(10-7-13)30-22(24)25/h6-7,9-10,14,22H,5,8,11-12H2,1-4H3,(H,26,27). The minimum Gasteiger partial charge on any atom is -0.465 e. The lowest BCUT2D eigenvalue weighted by atomic mass is 9.69. The fourth-order valence-corrected chi connectivity index (χ4v) is 5.22. The summed E-state index contributed by atoms with van der Waals surface area (Å²) in [4.78, 5) is 26.4. The smallest absolute Gasteiger partial charge is 0.387 e. The van der Waals surface area contributed by atoms with Gasteiger partial charge in [-0.15, -0.1) is 11.3 Å². The maximum absolute atomic E-state index is 12.7. The van der Waals surface area contributed by atoms with Crippen LogP contribution in [-0.4, -0.2) is 25.6 Å². The third-order valence-corrected chi connectivity index (χ3v) is 7.41. The van der Waals surface area contributed by atoms with E-state index in [0.29, 0.717) is 16.5 Å². The Kier molecular flexibility index (Phi) is 6.99. The number of alkyl halides is 2. The summed E-state index contributed by atoms with van der Waals surface area (Å²) in [6, 6.07) is 5.41.